The standard InChI is InChI=1S/C10H21NO/c1-3-4-5-6-9(11)10(2)7-12-8-10/h9H,3-8,11H2,1-2H3. The van der Waals surface area contributed by atoms with E-state index in [-0.39, 0.29) is 5.41 Å². The fourth-order valence-corrected chi connectivity index (χ4v) is 1.60. The third-order valence-corrected chi connectivity index (χ3v) is 2.88. The quantitative estimate of drug-likeness (QED) is 0.641. The van der Waals surface area contributed by atoms with Crippen molar-refractivity contribution in [3.05, 3.63) is 0 Å². The van der Waals surface area contributed by atoms with E-state index in [1.165, 1.54) is 19.3 Å². The van der Waals surface area contributed by atoms with Crippen molar-refractivity contribution in [2.24, 2.45) is 11.1 Å². The molecule has 0 amide bonds. The SMILES string of the molecule is CCCCCC(N)C1(C)COC1. The fraction of sp³-hybridized carbons (Fsp3) is 1.00. The molecule has 1 aliphatic rings. The molecule has 2 heteroatoms. The van der Waals surface area contributed by atoms with Crippen LogP contribution in [0.2, 0.25) is 0 Å². The van der Waals surface area contributed by atoms with Crippen LogP contribution in [0, 0.1) is 5.41 Å². The van der Waals surface area contributed by atoms with Gasteiger partial charge in [-0.25, -0.2) is 0 Å². The Morgan fingerprint density at radius 1 is 1.42 bits per heavy atom. The lowest BCUT2D eigenvalue weighted by molar-refractivity contribution is -0.116. The van der Waals surface area contributed by atoms with Crippen molar-refractivity contribution in [1.29, 1.82) is 0 Å². The summed E-state index contributed by atoms with van der Waals surface area (Å²) in [5, 5.41) is 0. The molecule has 0 spiro atoms. The smallest absolute Gasteiger partial charge is 0.0557 e. The van der Waals surface area contributed by atoms with Gasteiger partial charge < -0.3 is 10.5 Å². The minimum absolute atomic E-state index is 0.285. The Morgan fingerprint density at radius 2 is 2.08 bits per heavy atom. The van der Waals surface area contributed by atoms with Crippen molar-refractivity contribution < 1.29 is 4.74 Å². The number of unbranched alkanes of at least 4 members (excludes halogenated alkanes) is 2. The molecule has 1 fully saturated rings. The summed E-state index contributed by atoms with van der Waals surface area (Å²) in [6, 6.07) is 0.345. The Hall–Kier alpha value is -0.0800. The normalized spacial score (nSPS) is 23.2. The zero-order valence-electron chi connectivity index (χ0n) is 8.31. The summed E-state index contributed by atoms with van der Waals surface area (Å²) in [4.78, 5) is 0. The molecule has 1 atom stereocenters. The van der Waals surface area contributed by atoms with Crippen LogP contribution in [-0.4, -0.2) is 19.3 Å². The molecule has 0 aliphatic carbocycles. The van der Waals surface area contributed by atoms with Gasteiger partial charge in [0.05, 0.1) is 13.2 Å². The lowest BCUT2D eigenvalue weighted by atomic mass is 9.78. The Bertz CT molecular complexity index is 132. The predicted molar refractivity (Wildman–Crippen MR) is 51.0 cm³/mol. The molecule has 2 nitrogen and oxygen atoms in total. The van der Waals surface area contributed by atoms with Crippen LogP contribution in [0.5, 0.6) is 0 Å². The maximum absolute atomic E-state index is 6.07. The van der Waals surface area contributed by atoms with Gasteiger partial charge in [-0.15, -0.1) is 0 Å². The highest BCUT2D eigenvalue weighted by Crippen LogP contribution is 2.31. The first-order valence-corrected chi connectivity index (χ1v) is 5.02. The minimum Gasteiger partial charge on any atom is -0.380 e. The van der Waals surface area contributed by atoms with E-state index in [0.29, 0.717) is 6.04 Å². The van der Waals surface area contributed by atoms with E-state index in [1.807, 2.05) is 0 Å². The number of ether oxygens (including phenoxy) is 1. The zero-order valence-corrected chi connectivity index (χ0v) is 8.31. The molecule has 1 rings (SSSR count). The second-order valence-corrected chi connectivity index (χ2v) is 4.25. The molecule has 12 heavy (non-hydrogen) atoms. The molecule has 2 N–H and O–H groups in total. The molecular formula is C10H21NO. The van der Waals surface area contributed by atoms with E-state index in [2.05, 4.69) is 13.8 Å². The summed E-state index contributed by atoms with van der Waals surface area (Å²) < 4.78 is 5.19. The van der Waals surface area contributed by atoms with Crippen molar-refractivity contribution in [2.45, 2.75) is 45.6 Å². The topological polar surface area (TPSA) is 35.2 Å². The Balaban J connectivity index is 2.14. The van der Waals surface area contributed by atoms with Crippen molar-refractivity contribution in [3.8, 4) is 0 Å². The lowest BCUT2D eigenvalue weighted by Crippen LogP contribution is -2.53. The molecule has 1 heterocycles. The molecular weight excluding hydrogens is 150 g/mol. The maximum Gasteiger partial charge on any atom is 0.0557 e. The van der Waals surface area contributed by atoms with Gasteiger partial charge in [0.25, 0.3) is 0 Å². The van der Waals surface area contributed by atoms with E-state index < -0.39 is 0 Å². The largest absolute Gasteiger partial charge is 0.380 e. The van der Waals surface area contributed by atoms with Crippen LogP contribution in [0.25, 0.3) is 0 Å². The van der Waals surface area contributed by atoms with E-state index in [1.54, 1.807) is 0 Å². The summed E-state index contributed by atoms with van der Waals surface area (Å²) in [5.74, 6) is 0. The first-order valence-electron chi connectivity index (χ1n) is 5.02. The minimum atomic E-state index is 0.285. The average molecular weight is 171 g/mol. The highest BCUT2D eigenvalue weighted by Gasteiger charge is 2.38. The highest BCUT2D eigenvalue weighted by atomic mass is 16.5. The summed E-state index contributed by atoms with van der Waals surface area (Å²) in [6.45, 7) is 6.17. The summed E-state index contributed by atoms with van der Waals surface area (Å²) in [5.41, 5.74) is 6.36. The maximum atomic E-state index is 6.07. The number of nitrogens with two attached hydrogens (primary N) is 1. The molecule has 0 aromatic carbocycles. The monoisotopic (exact) mass is 171 g/mol. The van der Waals surface area contributed by atoms with Gasteiger partial charge >= 0.3 is 0 Å². The Kier molecular flexibility index (Phi) is 3.53. The molecule has 1 unspecified atom stereocenters. The van der Waals surface area contributed by atoms with Crippen LogP contribution in [0.3, 0.4) is 0 Å². The van der Waals surface area contributed by atoms with Gasteiger partial charge in [0, 0.05) is 11.5 Å². The molecule has 1 saturated heterocycles. The summed E-state index contributed by atoms with van der Waals surface area (Å²) in [6.07, 6.45) is 5.02. The lowest BCUT2D eigenvalue weighted by Gasteiger charge is -2.42. The molecule has 0 aromatic rings. The van der Waals surface area contributed by atoms with Gasteiger partial charge in [-0.3, -0.25) is 0 Å². The van der Waals surface area contributed by atoms with Gasteiger partial charge in [-0.2, -0.15) is 0 Å². The van der Waals surface area contributed by atoms with E-state index in [9.17, 15) is 0 Å². The van der Waals surface area contributed by atoms with Gasteiger partial charge in [0.2, 0.25) is 0 Å². The first-order chi connectivity index (χ1) is 5.69. The first kappa shape index (κ1) is 10.0. The van der Waals surface area contributed by atoms with Gasteiger partial charge in [-0.1, -0.05) is 33.1 Å². The van der Waals surface area contributed by atoms with Crippen molar-refractivity contribution in [3.63, 3.8) is 0 Å². The highest BCUT2D eigenvalue weighted by molar-refractivity contribution is 4.90. The second-order valence-electron chi connectivity index (χ2n) is 4.25. The van der Waals surface area contributed by atoms with Crippen LogP contribution in [-0.2, 0) is 4.74 Å². The summed E-state index contributed by atoms with van der Waals surface area (Å²) >= 11 is 0. The molecule has 0 saturated carbocycles. The van der Waals surface area contributed by atoms with Crippen LogP contribution >= 0.6 is 0 Å². The van der Waals surface area contributed by atoms with E-state index >= 15 is 0 Å². The zero-order chi connectivity index (χ0) is 9.03. The molecule has 0 bridgehead atoms. The Labute approximate surface area is 75.5 Å². The number of hydrogen-bond donors (Lipinski definition) is 1. The van der Waals surface area contributed by atoms with E-state index in [4.69, 9.17) is 10.5 Å². The fourth-order valence-electron chi connectivity index (χ4n) is 1.60. The van der Waals surface area contributed by atoms with Crippen LogP contribution in [0.1, 0.15) is 39.5 Å². The molecule has 72 valence electrons. The van der Waals surface area contributed by atoms with Gasteiger partial charge in [-0.05, 0) is 6.42 Å². The third kappa shape index (κ3) is 2.20. The van der Waals surface area contributed by atoms with Crippen LogP contribution in [0.4, 0.5) is 0 Å². The van der Waals surface area contributed by atoms with Crippen molar-refractivity contribution in [1.82, 2.24) is 0 Å². The van der Waals surface area contributed by atoms with E-state index in [0.717, 1.165) is 19.6 Å². The van der Waals surface area contributed by atoms with Crippen LogP contribution in [0.15, 0.2) is 0 Å². The van der Waals surface area contributed by atoms with Gasteiger partial charge in [0.1, 0.15) is 0 Å². The predicted octanol–water partition coefficient (Wildman–Crippen LogP) is 1.93. The Morgan fingerprint density at radius 3 is 2.50 bits per heavy atom. The summed E-state index contributed by atoms with van der Waals surface area (Å²) in [7, 11) is 0. The van der Waals surface area contributed by atoms with Crippen LogP contribution < -0.4 is 5.73 Å². The number of rotatable bonds is 5. The van der Waals surface area contributed by atoms with Gasteiger partial charge in [0.15, 0.2) is 0 Å². The molecule has 0 radical (unpaired) electrons. The third-order valence-electron chi connectivity index (χ3n) is 2.88. The molecule has 1 aliphatic heterocycles. The molecule has 0 aromatic heterocycles. The van der Waals surface area contributed by atoms with Crippen molar-refractivity contribution >= 4 is 0 Å². The second kappa shape index (κ2) is 4.24. The average Bonchev–Trinajstić information content (AvgIpc) is 2.00. The van der Waals surface area contributed by atoms with Crippen molar-refractivity contribution in [2.75, 3.05) is 13.2 Å². The number of hydrogen-bond acceptors (Lipinski definition) is 2.